The number of aliphatic hydroxyl groups excluding tert-OH is 2. The second kappa shape index (κ2) is 5.51. The first-order valence-electron chi connectivity index (χ1n) is 9.72. The molecule has 4 aliphatic rings. The zero-order valence-corrected chi connectivity index (χ0v) is 15.3. The summed E-state index contributed by atoms with van der Waals surface area (Å²) in [6, 6.07) is 0. The minimum atomic E-state index is -1.40. The van der Waals surface area contributed by atoms with Crippen LogP contribution in [0.5, 0.6) is 0 Å². The van der Waals surface area contributed by atoms with E-state index in [0.717, 1.165) is 38.5 Å². The summed E-state index contributed by atoms with van der Waals surface area (Å²) in [4.78, 5) is 12.3. The Bertz CT molecular complexity index is 665. The van der Waals surface area contributed by atoms with E-state index in [1.165, 1.54) is 11.1 Å². The first-order valence-corrected chi connectivity index (χ1v) is 9.72. The third-order valence-corrected chi connectivity index (χ3v) is 8.30. The largest absolute Gasteiger partial charge is 0.393 e. The molecule has 0 radical (unpaired) electrons. The molecule has 138 valence electrons. The summed E-state index contributed by atoms with van der Waals surface area (Å²) in [5.74, 6) is 0.230. The second-order valence-electron chi connectivity index (χ2n) is 9.21. The SMILES string of the molecule is C[C@]12CC[C@@H]3C(=CC=C4C[C@@H](O)CC[C@]43C)[C@@H]1CC[C@]2(O)C(=O)CO. The maximum absolute atomic E-state index is 12.3. The van der Waals surface area contributed by atoms with Crippen molar-refractivity contribution in [3.63, 3.8) is 0 Å². The molecule has 6 atom stereocenters. The quantitative estimate of drug-likeness (QED) is 0.718. The van der Waals surface area contributed by atoms with Crippen molar-refractivity contribution in [2.45, 2.75) is 70.5 Å². The molecule has 0 unspecified atom stereocenters. The highest BCUT2D eigenvalue weighted by molar-refractivity contribution is 5.89. The highest BCUT2D eigenvalue weighted by atomic mass is 16.3. The van der Waals surface area contributed by atoms with Crippen LogP contribution in [0.25, 0.3) is 0 Å². The normalized spacial score (nSPS) is 48.8. The zero-order valence-electron chi connectivity index (χ0n) is 15.3. The van der Waals surface area contributed by atoms with E-state index in [1.54, 1.807) is 0 Å². The van der Waals surface area contributed by atoms with Crippen LogP contribution < -0.4 is 0 Å². The van der Waals surface area contributed by atoms with Gasteiger partial charge in [0.1, 0.15) is 12.2 Å². The predicted molar refractivity (Wildman–Crippen MR) is 94.7 cm³/mol. The summed E-state index contributed by atoms with van der Waals surface area (Å²) < 4.78 is 0. The molecule has 3 fully saturated rings. The lowest BCUT2D eigenvalue weighted by Crippen LogP contribution is -2.55. The Morgan fingerprint density at radius 2 is 1.84 bits per heavy atom. The maximum atomic E-state index is 12.3. The summed E-state index contributed by atoms with van der Waals surface area (Å²) >= 11 is 0. The number of hydrogen-bond acceptors (Lipinski definition) is 4. The average Bonchev–Trinajstić information content (AvgIpc) is 2.87. The van der Waals surface area contributed by atoms with Gasteiger partial charge in [-0.1, -0.05) is 37.1 Å². The van der Waals surface area contributed by atoms with E-state index < -0.39 is 23.4 Å². The number of rotatable bonds is 2. The molecule has 0 bridgehead atoms. The van der Waals surface area contributed by atoms with Crippen molar-refractivity contribution in [3.8, 4) is 0 Å². The summed E-state index contributed by atoms with van der Waals surface area (Å²) in [6.07, 6.45) is 9.86. The third-order valence-electron chi connectivity index (χ3n) is 8.30. The van der Waals surface area contributed by atoms with E-state index >= 15 is 0 Å². The van der Waals surface area contributed by atoms with Crippen molar-refractivity contribution >= 4 is 5.78 Å². The van der Waals surface area contributed by atoms with Gasteiger partial charge in [0.2, 0.25) is 0 Å². The van der Waals surface area contributed by atoms with E-state index in [2.05, 4.69) is 19.1 Å². The number of carbonyl (C=O) groups is 1. The molecule has 0 aromatic carbocycles. The van der Waals surface area contributed by atoms with Gasteiger partial charge in [-0.2, -0.15) is 0 Å². The standard InChI is InChI=1S/C21H30O4/c1-19-8-5-14(23)11-13(19)3-4-15-16(19)6-9-20(2)17(15)7-10-21(20,25)18(24)12-22/h3-4,14,16-17,22-23,25H,5-12H2,1-2H3/t14-,16+,17-,19+,20-,21-/m0/s1. The Balaban J connectivity index is 1.73. The number of allylic oxidation sites excluding steroid dienone is 3. The zero-order chi connectivity index (χ0) is 18.0. The molecular weight excluding hydrogens is 316 g/mol. The van der Waals surface area contributed by atoms with Crippen LogP contribution in [0, 0.1) is 22.7 Å². The lowest BCUT2D eigenvalue weighted by molar-refractivity contribution is -0.156. The lowest BCUT2D eigenvalue weighted by Gasteiger charge is -2.55. The predicted octanol–water partition coefficient (Wildman–Crippen LogP) is 2.52. The van der Waals surface area contributed by atoms with Crippen LogP contribution in [0.4, 0.5) is 0 Å². The minimum Gasteiger partial charge on any atom is -0.393 e. The van der Waals surface area contributed by atoms with Gasteiger partial charge >= 0.3 is 0 Å². The fourth-order valence-electron chi connectivity index (χ4n) is 6.59. The Morgan fingerprint density at radius 3 is 2.56 bits per heavy atom. The van der Waals surface area contributed by atoms with Gasteiger partial charge in [0, 0.05) is 5.41 Å². The molecule has 0 aliphatic heterocycles. The number of aliphatic hydroxyl groups is 3. The first-order chi connectivity index (χ1) is 11.8. The number of carbonyl (C=O) groups excluding carboxylic acids is 1. The smallest absolute Gasteiger partial charge is 0.190 e. The molecule has 4 heteroatoms. The Morgan fingerprint density at radius 1 is 1.12 bits per heavy atom. The van der Waals surface area contributed by atoms with Gasteiger partial charge in [0.15, 0.2) is 5.78 Å². The Kier molecular flexibility index (Phi) is 3.85. The van der Waals surface area contributed by atoms with Crippen molar-refractivity contribution in [1.29, 1.82) is 0 Å². The van der Waals surface area contributed by atoms with Crippen LogP contribution in [0.2, 0.25) is 0 Å². The molecule has 0 heterocycles. The van der Waals surface area contributed by atoms with Crippen LogP contribution >= 0.6 is 0 Å². The number of ketones is 1. The van der Waals surface area contributed by atoms with Gasteiger partial charge in [-0.15, -0.1) is 0 Å². The molecule has 0 aromatic rings. The van der Waals surface area contributed by atoms with Crippen LogP contribution in [-0.4, -0.2) is 39.4 Å². The van der Waals surface area contributed by atoms with E-state index in [4.69, 9.17) is 0 Å². The van der Waals surface area contributed by atoms with E-state index in [9.17, 15) is 20.1 Å². The topological polar surface area (TPSA) is 77.8 Å². The molecule has 25 heavy (non-hydrogen) atoms. The molecular formula is C21H30O4. The monoisotopic (exact) mass is 346 g/mol. The van der Waals surface area contributed by atoms with Crippen LogP contribution in [-0.2, 0) is 4.79 Å². The highest BCUT2D eigenvalue weighted by Crippen LogP contribution is 2.65. The van der Waals surface area contributed by atoms with Crippen LogP contribution in [0.3, 0.4) is 0 Å². The van der Waals surface area contributed by atoms with E-state index in [-0.39, 0.29) is 17.4 Å². The van der Waals surface area contributed by atoms with Gasteiger partial charge < -0.3 is 15.3 Å². The van der Waals surface area contributed by atoms with E-state index in [0.29, 0.717) is 12.3 Å². The van der Waals surface area contributed by atoms with Gasteiger partial charge in [-0.05, 0) is 62.2 Å². The van der Waals surface area contributed by atoms with Crippen LogP contribution in [0.15, 0.2) is 23.3 Å². The van der Waals surface area contributed by atoms with Crippen LogP contribution in [0.1, 0.15) is 58.8 Å². The second-order valence-corrected chi connectivity index (χ2v) is 9.21. The highest BCUT2D eigenvalue weighted by Gasteiger charge is 2.64. The van der Waals surface area contributed by atoms with Gasteiger partial charge in [-0.3, -0.25) is 4.79 Å². The molecule has 3 N–H and O–H groups in total. The minimum absolute atomic E-state index is 0.104. The Hall–Kier alpha value is -0.970. The molecule has 4 rings (SSSR count). The molecule has 3 saturated carbocycles. The van der Waals surface area contributed by atoms with E-state index in [1.807, 2.05) is 6.92 Å². The average molecular weight is 346 g/mol. The first kappa shape index (κ1) is 17.4. The fraction of sp³-hybridized carbons (Fsp3) is 0.762. The fourth-order valence-corrected chi connectivity index (χ4v) is 6.59. The lowest BCUT2D eigenvalue weighted by atomic mass is 9.50. The number of Topliss-reactive ketones (excluding diaryl/α,β-unsaturated/α-hetero) is 1. The van der Waals surface area contributed by atoms with Crippen molar-refractivity contribution in [1.82, 2.24) is 0 Å². The number of fused-ring (bicyclic) bond motifs is 5. The molecule has 4 nitrogen and oxygen atoms in total. The molecule has 4 aliphatic carbocycles. The van der Waals surface area contributed by atoms with Crippen molar-refractivity contribution < 1.29 is 20.1 Å². The van der Waals surface area contributed by atoms with Crippen molar-refractivity contribution in [2.24, 2.45) is 22.7 Å². The maximum Gasteiger partial charge on any atom is 0.190 e. The van der Waals surface area contributed by atoms with Gasteiger partial charge in [-0.25, -0.2) is 0 Å². The molecule has 0 aromatic heterocycles. The summed E-state index contributed by atoms with van der Waals surface area (Å²) in [6.45, 7) is 3.80. The summed E-state index contributed by atoms with van der Waals surface area (Å²) in [5.41, 5.74) is 0.977. The number of hydrogen-bond donors (Lipinski definition) is 3. The summed E-state index contributed by atoms with van der Waals surface area (Å²) in [5, 5.41) is 30.6. The van der Waals surface area contributed by atoms with Gasteiger partial charge in [0.05, 0.1) is 6.10 Å². The van der Waals surface area contributed by atoms with Crippen molar-refractivity contribution in [3.05, 3.63) is 23.3 Å². The molecule has 0 saturated heterocycles. The van der Waals surface area contributed by atoms with Gasteiger partial charge in [0.25, 0.3) is 0 Å². The summed E-state index contributed by atoms with van der Waals surface area (Å²) in [7, 11) is 0. The molecule has 0 spiro atoms. The molecule has 0 amide bonds. The van der Waals surface area contributed by atoms with Crippen molar-refractivity contribution in [2.75, 3.05) is 6.61 Å². The third kappa shape index (κ3) is 2.14. The Labute approximate surface area is 149 Å².